The zero-order valence-electron chi connectivity index (χ0n) is 13.2. The first-order chi connectivity index (χ1) is 10.7. The quantitative estimate of drug-likeness (QED) is 0.862. The highest BCUT2D eigenvalue weighted by atomic mass is 16.5. The number of hydrogen-bond acceptors (Lipinski definition) is 3. The number of nitrogen functional groups attached to an aromatic ring is 1. The Morgan fingerprint density at radius 3 is 2.45 bits per heavy atom. The van der Waals surface area contributed by atoms with Gasteiger partial charge in [-0.3, -0.25) is 0 Å². The maximum atomic E-state index is 6.08. The zero-order chi connectivity index (χ0) is 15.4. The minimum absolute atomic E-state index is 0.574. The third-order valence-corrected chi connectivity index (χ3v) is 4.20. The van der Waals surface area contributed by atoms with Crippen LogP contribution in [0.3, 0.4) is 0 Å². The van der Waals surface area contributed by atoms with Gasteiger partial charge in [0.15, 0.2) is 0 Å². The van der Waals surface area contributed by atoms with E-state index in [1.54, 1.807) is 0 Å². The van der Waals surface area contributed by atoms with Crippen molar-refractivity contribution in [3.63, 3.8) is 0 Å². The molecule has 0 radical (unpaired) electrons. The number of hydrogen-bond donors (Lipinski definition) is 1. The van der Waals surface area contributed by atoms with Crippen LogP contribution in [0.15, 0.2) is 42.5 Å². The molecule has 3 heteroatoms. The van der Waals surface area contributed by atoms with E-state index in [2.05, 4.69) is 42.2 Å². The highest BCUT2D eigenvalue weighted by Gasteiger charge is 2.15. The molecule has 0 amide bonds. The van der Waals surface area contributed by atoms with Gasteiger partial charge in [0.05, 0.1) is 5.69 Å². The van der Waals surface area contributed by atoms with Crippen LogP contribution >= 0.6 is 0 Å². The number of ether oxygens (including phenoxy) is 1. The predicted molar refractivity (Wildman–Crippen MR) is 92.4 cm³/mol. The number of nitrogens with zero attached hydrogens (tertiary/aromatic N) is 1. The van der Waals surface area contributed by atoms with E-state index >= 15 is 0 Å². The average Bonchev–Trinajstić information content (AvgIpc) is 2.55. The molecule has 3 nitrogen and oxygen atoms in total. The Morgan fingerprint density at radius 1 is 1.00 bits per heavy atom. The fourth-order valence-electron chi connectivity index (χ4n) is 2.89. The molecule has 22 heavy (non-hydrogen) atoms. The van der Waals surface area contributed by atoms with Gasteiger partial charge < -0.3 is 15.4 Å². The van der Waals surface area contributed by atoms with E-state index < -0.39 is 0 Å². The SMILES string of the molecule is Cc1ccc(COc2cc(N)ccc2N2CCCCC2)cc1. The van der Waals surface area contributed by atoms with Crippen molar-refractivity contribution in [1.82, 2.24) is 0 Å². The number of rotatable bonds is 4. The summed E-state index contributed by atoms with van der Waals surface area (Å²) >= 11 is 0. The van der Waals surface area contributed by atoms with E-state index in [4.69, 9.17) is 10.5 Å². The van der Waals surface area contributed by atoms with Crippen molar-refractivity contribution in [3.05, 3.63) is 53.6 Å². The van der Waals surface area contributed by atoms with Crippen LogP contribution < -0.4 is 15.4 Å². The van der Waals surface area contributed by atoms with E-state index in [-0.39, 0.29) is 0 Å². The standard InChI is InChI=1S/C19H24N2O/c1-15-5-7-16(8-6-15)14-22-19-13-17(20)9-10-18(19)21-11-3-2-4-12-21/h5-10,13H,2-4,11-12,14,20H2,1H3. The van der Waals surface area contributed by atoms with Crippen molar-refractivity contribution in [1.29, 1.82) is 0 Å². The Balaban J connectivity index is 1.76. The smallest absolute Gasteiger partial charge is 0.145 e. The Labute approximate surface area is 132 Å². The van der Waals surface area contributed by atoms with Gasteiger partial charge >= 0.3 is 0 Å². The molecule has 0 atom stereocenters. The van der Waals surface area contributed by atoms with Gasteiger partial charge in [0.1, 0.15) is 12.4 Å². The molecule has 0 spiro atoms. The lowest BCUT2D eigenvalue weighted by molar-refractivity contribution is 0.306. The Hall–Kier alpha value is -2.16. The largest absolute Gasteiger partial charge is 0.487 e. The van der Waals surface area contributed by atoms with Gasteiger partial charge in [0, 0.05) is 24.8 Å². The van der Waals surface area contributed by atoms with Crippen molar-refractivity contribution < 1.29 is 4.74 Å². The maximum absolute atomic E-state index is 6.08. The van der Waals surface area contributed by atoms with E-state index in [0.29, 0.717) is 6.61 Å². The summed E-state index contributed by atoms with van der Waals surface area (Å²) in [6.45, 7) is 4.87. The molecule has 0 aliphatic carbocycles. The summed E-state index contributed by atoms with van der Waals surface area (Å²) in [5.41, 5.74) is 10.3. The lowest BCUT2D eigenvalue weighted by atomic mass is 10.1. The minimum atomic E-state index is 0.574. The van der Waals surface area contributed by atoms with E-state index in [1.165, 1.54) is 36.1 Å². The molecule has 0 aromatic heterocycles. The molecular weight excluding hydrogens is 272 g/mol. The Kier molecular flexibility index (Phi) is 4.52. The molecule has 2 N–H and O–H groups in total. The zero-order valence-corrected chi connectivity index (χ0v) is 13.2. The molecule has 3 rings (SSSR count). The number of anilines is 2. The lowest BCUT2D eigenvalue weighted by Gasteiger charge is -2.30. The molecule has 1 heterocycles. The van der Waals surface area contributed by atoms with Crippen molar-refractivity contribution >= 4 is 11.4 Å². The van der Waals surface area contributed by atoms with Crippen LogP contribution in [0.2, 0.25) is 0 Å². The lowest BCUT2D eigenvalue weighted by Crippen LogP contribution is -2.29. The highest BCUT2D eigenvalue weighted by molar-refractivity contribution is 5.64. The van der Waals surface area contributed by atoms with Gasteiger partial charge in [0.25, 0.3) is 0 Å². The number of aryl methyl sites for hydroxylation is 1. The summed E-state index contributed by atoms with van der Waals surface area (Å²) in [7, 11) is 0. The molecule has 1 saturated heterocycles. The molecule has 0 bridgehead atoms. The van der Waals surface area contributed by atoms with Crippen molar-refractivity contribution in [2.75, 3.05) is 23.7 Å². The fourth-order valence-corrected chi connectivity index (χ4v) is 2.89. The summed E-state index contributed by atoms with van der Waals surface area (Å²) in [5, 5.41) is 0. The summed E-state index contributed by atoms with van der Waals surface area (Å²) in [6.07, 6.45) is 3.83. The van der Waals surface area contributed by atoms with Gasteiger partial charge in [-0.15, -0.1) is 0 Å². The van der Waals surface area contributed by atoms with Crippen LogP contribution in [0.25, 0.3) is 0 Å². The third-order valence-electron chi connectivity index (χ3n) is 4.20. The first-order valence-electron chi connectivity index (χ1n) is 8.05. The van der Waals surface area contributed by atoms with Crippen LogP contribution in [0.1, 0.15) is 30.4 Å². The number of nitrogens with two attached hydrogens (primary N) is 1. The molecule has 1 aliphatic rings. The Bertz CT molecular complexity index is 616. The molecular formula is C19H24N2O. The van der Waals surface area contributed by atoms with Crippen LogP contribution in [-0.2, 0) is 6.61 Å². The summed E-state index contributed by atoms with van der Waals surface area (Å²) < 4.78 is 6.08. The Morgan fingerprint density at radius 2 is 1.73 bits per heavy atom. The van der Waals surface area contributed by atoms with Crippen molar-refractivity contribution in [2.24, 2.45) is 0 Å². The third kappa shape index (κ3) is 3.53. The van der Waals surface area contributed by atoms with Gasteiger partial charge in [-0.2, -0.15) is 0 Å². The highest BCUT2D eigenvalue weighted by Crippen LogP contribution is 2.33. The number of piperidine rings is 1. The number of benzene rings is 2. The average molecular weight is 296 g/mol. The first kappa shape index (κ1) is 14.8. The maximum Gasteiger partial charge on any atom is 0.145 e. The molecule has 0 unspecified atom stereocenters. The van der Waals surface area contributed by atoms with Gasteiger partial charge in [-0.25, -0.2) is 0 Å². The topological polar surface area (TPSA) is 38.5 Å². The van der Waals surface area contributed by atoms with Gasteiger partial charge in [-0.1, -0.05) is 29.8 Å². The molecule has 0 saturated carbocycles. The molecule has 2 aromatic carbocycles. The molecule has 2 aromatic rings. The monoisotopic (exact) mass is 296 g/mol. The predicted octanol–water partition coefficient (Wildman–Crippen LogP) is 4.15. The summed E-state index contributed by atoms with van der Waals surface area (Å²) in [5.74, 6) is 0.891. The second-order valence-corrected chi connectivity index (χ2v) is 6.05. The minimum Gasteiger partial charge on any atom is -0.487 e. The van der Waals surface area contributed by atoms with E-state index in [1.807, 2.05) is 12.1 Å². The van der Waals surface area contributed by atoms with Crippen molar-refractivity contribution in [3.8, 4) is 5.75 Å². The van der Waals surface area contributed by atoms with E-state index in [9.17, 15) is 0 Å². The molecule has 1 aliphatic heterocycles. The van der Waals surface area contributed by atoms with Crippen LogP contribution in [-0.4, -0.2) is 13.1 Å². The summed E-state index contributed by atoms with van der Waals surface area (Å²) in [4.78, 5) is 2.41. The molecule has 1 fully saturated rings. The van der Waals surface area contributed by atoms with Gasteiger partial charge in [-0.05, 0) is 43.9 Å². The normalized spacial score (nSPS) is 14.9. The molecule has 116 valence electrons. The second-order valence-electron chi connectivity index (χ2n) is 6.05. The van der Waals surface area contributed by atoms with Crippen LogP contribution in [0, 0.1) is 6.92 Å². The van der Waals surface area contributed by atoms with Gasteiger partial charge in [0.2, 0.25) is 0 Å². The fraction of sp³-hybridized carbons (Fsp3) is 0.368. The second kappa shape index (κ2) is 6.73. The van der Waals surface area contributed by atoms with E-state index in [0.717, 1.165) is 24.5 Å². The summed E-state index contributed by atoms with van der Waals surface area (Å²) in [6, 6.07) is 14.4. The first-order valence-corrected chi connectivity index (χ1v) is 8.05. The van der Waals surface area contributed by atoms with Crippen LogP contribution in [0.4, 0.5) is 11.4 Å². The van der Waals surface area contributed by atoms with Crippen molar-refractivity contribution in [2.45, 2.75) is 32.8 Å². The van der Waals surface area contributed by atoms with Crippen LogP contribution in [0.5, 0.6) is 5.75 Å².